The number of nitrogens with zero attached hydrogens (tertiary/aromatic N) is 2. The Bertz CT molecular complexity index is 416. The van der Waals surface area contributed by atoms with E-state index in [1.165, 1.54) is 0 Å². The lowest BCUT2D eigenvalue weighted by Gasteiger charge is -2.22. The zero-order chi connectivity index (χ0) is 12.5. The maximum Gasteiger partial charge on any atom is 0.162 e. The molecule has 0 saturated carbocycles. The molecule has 1 aliphatic rings. The van der Waals surface area contributed by atoms with E-state index in [-0.39, 0.29) is 5.60 Å². The van der Waals surface area contributed by atoms with Crippen molar-refractivity contribution < 1.29 is 4.74 Å². The fourth-order valence-corrected chi connectivity index (χ4v) is 2.48. The molecule has 4 nitrogen and oxygen atoms in total. The fourth-order valence-electron chi connectivity index (χ4n) is 2.11. The molecule has 1 saturated heterocycles. The molecule has 2 heterocycles. The molecule has 1 aromatic heterocycles. The van der Waals surface area contributed by atoms with Crippen LogP contribution in [-0.2, 0) is 16.8 Å². The highest BCUT2D eigenvalue weighted by Gasteiger charge is 2.35. The molecule has 17 heavy (non-hydrogen) atoms. The molecule has 0 radical (unpaired) electrons. The maximum atomic E-state index is 5.92. The third-order valence-corrected chi connectivity index (χ3v) is 3.99. The van der Waals surface area contributed by atoms with Crippen molar-refractivity contribution in [3.8, 4) is 0 Å². The summed E-state index contributed by atoms with van der Waals surface area (Å²) in [6, 6.07) is 0. The highest BCUT2D eigenvalue weighted by molar-refractivity contribution is 9.10. The summed E-state index contributed by atoms with van der Waals surface area (Å²) in [5.74, 6) is 1.23. The van der Waals surface area contributed by atoms with Gasteiger partial charge in [-0.25, -0.2) is 9.97 Å². The van der Waals surface area contributed by atoms with Gasteiger partial charge in [-0.1, -0.05) is 13.3 Å². The van der Waals surface area contributed by atoms with E-state index in [0.717, 1.165) is 48.3 Å². The molecule has 1 unspecified atom stereocenters. The fraction of sp³-hybridized carbons (Fsp3) is 0.667. The highest BCUT2D eigenvalue weighted by Crippen LogP contribution is 2.35. The van der Waals surface area contributed by atoms with Crippen LogP contribution in [0.25, 0.3) is 0 Å². The molecule has 0 aromatic carbocycles. The lowest BCUT2D eigenvalue weighted by molar-refractivity contribution is 0.00924. The number of hydrogen-bond acceptors (Lipinski definition) is 4. The summed E-state index contributed by atoms with van der Waals surface area (Å²) >= 11 is 3.45. The second kappa shape index (κ2) is 4.90. The molecule has 2 rings (SSSR count). The summed E-state index contributed by atoms with van der Waals surface area (Å²) in [5, 5.41) is 0. The van der Waals surface area contributed by atoms with Crippen molar-refractivity contribution in [1.29, 1.82) is 0 Å². The average molecular weight is 300 g/mol. The Morgan fingerprint density at radius 2 is 2.24 bits per heavy atom. The number of halogens is 1. The predicted molar refractivity (Wildman–Crippen MR) is 70.7 cm³/mol. The van der Waals surface area contributed by atoms with E-state index in [1.54, 1.807) is 0 Å². The Labute approximate surface area is 110 Å². The van der Waals surface area contributed by atoms with Crippen molar-refractivity contribution in [2.45, 2.75) is 45.1 Å². The minimum Gasteiger partial charge on any atom is -0.383 e. The first-order valence-electron chi connectivity index (χ1n) is 6.03. The van der Waals surface area contributed by atoms with Gasteiger partial charge in [0.25, 0.3) is 0 Å². The van der Waals surface area contributed by atoms with Crippen molar-refractivity contribution in [3.05, 3.63) is 16.0 Å². The van der Waals surface area contributed by atoms with E-state index >= 15 is 0 Å². The van der Waals surface area contributed by atoms with Gasteiger partial charge in [0, 0.05) is 6.61 Å². The number of anilines is 1. The van der Waals surface area contributed by atoms with Crippen molar-refractivity contribution in [2.75, 3.05) is 12.3 Å². The Hall–Kier alpha value is -0.680. The largest absolute Gasteiger partial charge is 0.383 e. The smallest absolute Gasteiger partial charge is 0.162 e. The summed E-state index contributed by atoms with van der Waals surface area (Å²) < 4.78 is 6.58. The summed E-state index contributed by atoms with van der Waals surface area (Å²) in [4.78, 5) is 8.98. The van der Waals surface area contributed by atoms with Gasteiger partial charge in [-0.05, 0) is 42.1 Å². The van der Waals surface area contributed by atoms with Gasteiger partial charge in [-0.3, -0.25) is 0 Å². The quantitative estimate of drug-likeness (QED) is 0.932. The van der Waals surface area contributed by atoms with Gasteiger partial charge in [0.05, 0.1) is 10.2 Å². The van der Waals surface area contributed by atoms with Gasteiger partial charge in [0.1, 0.15) is 11.4 Å². The highest BCUT2D eigenvalue weighted by atomic mass is 79.9. The molecule has 94 valence electrons. The van der Waals surface area contributed by atoms with Crippen molar-refractivity contribution in [3.63, 3.8) is 0 Å². The standard InChI is InChI=1S/C12H18BrN3O/c1-3-5-8-9(13)10(14)16-11(15-8)12(2)6-4-7-17-12/h3-7H2,1-2H3,(H2,14,15,16). The topological polar surface area (TPSA) is 61.0 Å². The molecular formula is C12H18BrN3O. The Morgan fingerprint density at radius 3 is 2.82 bits per heavy atom. The summed E-state index contributed by atoms with van der Waals surface area (Å²) in [7, 11) is 0. The van der Waals surface area contributed by atoms with Crippen LogP contribution >= 0.6 is 15.9 Å². The molecule has 2 N–H and O–H groups in total. The Balaban J connectivity index is 2.41. The molecule has 0 amide bonds. The van der Waals surface area contributed by atoms with Gasteiger partial charge in [0.2, 0.25) is 0 Å². The van der Waals surface area contributed by atoms with Gasteiger partial charge in [0.15, 0.2) is 5.82 Å². The van der Waals surface area contributed by atoms with Crippen LogP contribution in [0.4, 0.5) is 5.82 Å². The molecule has 0 aliphatic carbocycles. The van der Waals surface area contributed by atoms with Crippen LogP contribution in [0.1, 0.15) is 44.6 Å². The average Bonchev–Trinajstić information content (AvgIpc) is 2.73. The summed E-state index contributed by atoms with van der Waals surface area (Å²) in [6.45, 7) is 4.94. The molecule has 0 bridgehead atoms. The number of rotatable bonds is 3. The van der Waals surface area contributed by atoms with E-state index in [4.69, 9.17) is 10.5 Å². The van der Waals surface area contributed by atoms with Crippen LogP contribution in [0.3, 0.4) is 0 Å². The lowest BCUT2D eigenvalue weighted by Crippen LogP contribution is -2.25. The summed E-state index contributed by atoms with van der Waals surface area (Å²) in [5.41, 5.74) is 6.54. The number of aryl methyl sites for hydroxylation is 1. The lowest BCUT2D eigenvalue weighted by atomic mass is 10.0. The van der Waals surface area contributed by atoms with E-state index in [2.05, 4.69) is 32.8 Å². The van der Waals surface area contributed by atoms with Crippen LogP contribution in [-0.4, -0.2) is 16.6 Å². The summed E-state index contributed by atoms with van der Waals surface area (Å²) in [6.07, 6.45) is 3.95. The SMILES string of the molecule is CCCc1nc(C2(C)CCCO2)nc(N)c1Br. The number of aromatic nitrogens is 2. The maximum absolute atomic E-state index is 5.92. The third kappa shape index (κ3) is 2.45. The first-order valence-corrected chi connectivity index (χ1v) is 6.82. The first kappa shape index (κ1) is 12.8. The van der Waals surface area contributed by atoms with Gasteiger partial charge < -0.3 is 10.5 Å². The number of ether oxygens (including phenoxy) is 1. The molecule has 1 atom stereocenters. The molecule has 5 heteroatoms. The van der Waals surface area contributed by atoms with Crippen LogP contribution in [0.15, 0.2) is 4.47 Å². The molecule has 1 fully saturated rings. The molecular weight excluding hydrogens is 282 g/mol. The van der Waals surface area contributed by atoms with Crippen LogP contribution < -0.4 is 5.73 Å². The minimum atomic E-state index is -0.364. The van der Waals surface area contributed by atoms with E-state index in [9.17, 15) is 0 Å². The van der Waals surface area contributed by atoms with Gasteiger partial charge in [-0.2, -0.15) is 0 Å². The second-order valence-electron chi connectivity index (χ2n) is 4.63. The van der Waals surface area contributed by atoms with Crippen molar-refractivity contribution in [2.24, 2.45) is 0 Å². The van der Waals surface area contributed by atoms with Crippen LogP contribution in [0.5, 0.6) is 0 Å². The van der Waals surface area contributed by atoms with Crippen molar-refractivity contribution in [1.82, 2.24) is 9.97 Å². The van der Waals surface area contributed by atoms with Crippen molar-refractivity contribution >= 4 is 21.7 Å². The zero-order valence-electron chi connectivity index (χ0n) is 10.3. The van der Waals surface area contributed by atoms with Gasteiger partial charge in [-0.15, -0.1) is 0 Å². The Morgan fingerprint density at radius 1 is 1.47 bits per heavy atom. The van der Waals surface area contributed by atoms with E-state index in [1.807, 2.05) is 6.92 Å². The number of nitrogens with two attached hydrogens (primary N) is 1. The molecule has 1 aliphatic heterocycles. The number of hydrogen-bond donors (Lipinski definition) is 1. The molecule has 1 aromatic rings. The minimum absolute atomic E-state index is 0.364. The van der Waals surface area contributed by atoms with E-state index < -0.39 is 0 Å². The third-order valence-electron chi connectivity index (χ3n) is 3.12. The van der Waals surface area contributed by atoms with Crippen LogP contribution in [0.2, 0.25) is 0 Å². The normalized spacial score (nSPS) is 24.2. The molecule has 0 spiro atoms. The monoisotopic (exact) mass is 299 g/mol. The van der Waals surface area contributed by atoms with E-state index in [0.29, 0.717) is 5.82 Å². The second-order valence-corrected chi connectivity index (χ2v) is 5.42. The number of nitrogen functional groups attached to an aromatic ring is 1. The zero-order valence-corrected chi connectivity index (χ0v) is 11.9. The first-order chi connectivity index (χ1) is 8.07. The Kier molecular flexibility index (Phi) is 3.68. The predicted octanol–water partition coefficient (Wildman–Crippen LogP) is 2.80. The van der Waals surface area contributed by atoms with Crippen LogP contribution in [0, 0.1) is 0 Å². The van der Waals surface area contributed by atoms with Gasteiger partial charge >= 0.3 is 0 Å².